The molecule has 2 nitrogen and oxygen atoms in total. The van der Waals surface area contributed by atoms with E-state index >= 15 is 0 Å². The van der Waals surface area contributed by atoms with Crippen molar-refractivity contribution in [2.24, 2.45) is 0 Å². The number of hydrogen-bond acceptors (Lipinski definition) is 2. The van der Waals surface area contributed by atoms with Crippen LogP contribution in [0.25, 0.3) is 0 Å². The number of benzene rings is 1. The molecule has 0 aliphatic rings. The van der Waals surface area contributed by atoms with Crippen molar-refractivity contribution in [1.82, 2.24) is 0 Å². The van der Waals surface area contributed by atoms with Gasteiger partial charge in [0, 0.05) is 13.2 Å². The number of aliphatic hydroxyl groups excluding tert-OH is 2. The van der Waals surface area contributed by atoms with Crippen molar-refractivity contribution in [2.45, 2.75) is 39.5 Å². The Labute approximate surface area is 97.9 Å². The molecule has 0 radical (unpaired) electrons. The molecule has 1 aromatic carbocycles. The third kappa shape index (κ3) is 2.83. The molecule has 2 N–H and O–H groups in total. The van der Waals surface area contributed by atoms with Crippen LogP contribution < -0.4 is 0 Å². The summed E-state index contributed by atoms with van der Waals surface area (Å²) in [6, 6.07) is 4.25. The maximum absolute atomic E-state index is 9.13. The summed E-state index contributed by atoms with van der Waals surface area (Å²) in [5, 5.41) is 18.2. The number of hydrogen-bond donors (Lipinski definition) is 2. The summed E-state index contributed by atoms with van der Waals surface area (Å²) >= 11 is 0. The highest BCUT2D eigenvalue weighted by atomic mass is 16.3. The molecule has 2 heteroatoms. The van der Waals surface area contributed by atoms with Crippen molar-refractivity contribution in [2.75, 3.05) is 13.2 Å². The van der Waals surface area contributed by atoms with Crippen LogP contribution in [0.1, 0.15) is 36.1 Å². The molecular weight excluding hydrogens is 200 g/mol. The van der Waals surface area contributed by atoms with E-state index < -0.39 is 0 Å². The van der Waals surface area contributed by atoms with Gasteiger partial charge in [0.2, 0.25) is 0 Å². The summed E-state index contributed by atoms with van der Waals surface area (Å²) in [5.74, 6) is 0. The molecule has 1 aromatic rings. The van der Waals surface area contributed by atoms with Gasteiger partial charge in [0.25, 0.3) is 0 Å². The lowest BCUT2D eigenvalue weighted by atomic mass is 9.90. The van der Waals surface area contributed by atoms with Crippen molar-refractivity contribution in [3.63, 3.8) is 0 Å². The van der Waals surface area contributed by atoms with E-state index in [-0.39, 0.29) is 13.2 Å². The van der Waals surface area contributed by atoms with E-state index in [0.717, 1.165) is 12.8 Å². The summed E-state index contributed by atoms with van der Waals surface area (Å²) in [4.78, 5) is 0. The van der Waals surface area contributed by atoms with Crippen molar-refractivity contribution in [1.29, 1.82) is 0 Å². The van der Waals surface area contributed by atoms with Gasteiger partial charge in [-0.3, -0.25) is 0 Å². The lowest BCUT2D eigenvalue weighted by Crippen LogP contribution is -2.07. The Hall–Kier alpha value is -0.860. The summed E-state index contributed by atoms with van der Waals surface area (Å²) < 4.78 is 0. The molecule has 0 fully saturated rings. The lowest BCUT2D eigenvalue weighted by molar-refractivity contribution is 0.292. The second kappa shape index (κ2) is 6.66. The minimum atomic E-state index is 0.174. The maximum Gasteiger partial charge on any atom is 0.0471 e. The fourth-order valence-electron chi connectivity index (χ4n) is 2.34. The molecule has 0 atom stereocenters. The Morgan fingerprint density at radius 3 is 1.94 bits per heavy atom. The number of rotatable bonds is 6. The van der Waals surface area contributed by atoms with Gasteiger partial charge in [0.1, 0.15) is 0 Å². The van der Waals surface area contributed by atoms with Crippen molar-refractivity contribution < 1.29 is 10.2 Å². The van der Waals surface area contributed by atoms with Crippen LogP contribution in [0, 0.1) is 0 Å². The van der Waals surface area contributed by atoms with Gasteiger partial charge in [0.15, 0.2) is 0 Å². The highest BCUT2D eigenvalue weighted by molar-refractivity contribution is 5.41. The standard InChI is InChI=1S/C14H22O2/c1-3-11-5-6-12(7-9-15)14(8-10-16)13(11)4-2/h5-6,15-16H,3-4,7-10H2,1-2H3. The maximum atomic E-state index is 9.13. The molecule has 0 aliphatic heterocycles. The molecule has 0 heterocycles. The highest BCUT2D eigenvalue weighted by Gasteiger charge is 2.10. The van der Waals surface area contributed by atoms with Crippen molar-refractivity contribution >= 4 is 0 Å². The van der Waals surface area contributed by atoms with Crippen molar-refractivity contribution in [3.05, 3.63) is 34.4 Å². The van der Waals surface area contributed by atoms with Gasteiger partial charge >= 0.3 is 0 Å². The summed E-state index contributed by atoms with van der Waals surface area (Å²) in [5.41, 5.74) is 5.17. The molecule has 0 saturated carbocycles. The third-order valence-corrected chi connectivity index (χ3v) is 3.10. The lowest BCUT2D eigenvalue weighted by Gasteiger charge is -2.16. The van der Waals surface area contributed by atoms with E-state index in [4.69, 9.17) is 10.2 Å². The van der Waals surface area contributed by atoms with Gasteiger partial charge < -0.3 is 10.2 Å². The first-order valence-electron chi connectivity index (χ1n) is 6.12. The van der Waals surface area contributed by atoms with Gasteiger partial charge in [0.05, 0.1) is 0 Å². The Morgan fingerprint density at radius 1 is 0.812 bits per heavy atom. The van der Waals surface area contributed by atoms with Gasteiger partial charge in [-0.25, -0.2) is 0 Å². The minimum Gasteiger partial charge on any atom is -0.396 e. The predicted molar refractivity (Wildman–Crippen MR) is 66.8 cm³/mol. The van der Waals surface area contributed by atoms with E-state index in [0.29, 0.717) is 12.8 Å². The van der Waals surface area contributed by atoms with E-state index in [1.165, 1.54) is 22.3 Å². The van der Waals surface area contributed by atoms with E-state index in [1.54, 1.807) is 0 Å². The van der Waals surface area contributed by atoms with Crippen LogP contribution in [0.4, 0.5) is 0 Å². The molecule has 0 saturated heterocycles. The van der Waals surface area contributed by atoms with Crippen LogP contribution in [-0.2, 0) is 25.7 Å². The Balaban J connectivity index is 3.20. The van der Waals surface area contributed by atoms with Crippen LogP contribution >= 0.6 is 0 Å². The molecule has 0 unspecified atom stereocenters. The normalized spacial score (nSPS) is 10.8. The zero-order chi connectivity index (χ0) is 12.0. The van der Waals surface area contributed by atoms with E-state index in [2.05, 4.69) is 26.0 Å². The molecule has 90 valence electrons. The summed E-state index contributed by atoms with van der Waals surface area (Å²) in [7, 11) is 0. The molecule has 0 aliphatic carbocycles. The Morgan fingerprint density at radius 2 is 1.44 bits per heavy atom. The second-order valence-corrected chi connectivity index (χ2v) is 4.00. The van der Waals surface area contributed by atoms with Gasteiger partial charge in [-0.1, -0.05) is 26.0 Å². The molecular formula is C14H22O2. The van der Waals surface area contributed by atoms with E-state index in [9.17, 15) is 0 Å². The molecule has 0 spiro atoms. The van der Waals surface area contributed by atoms with Gasteiger partial charge in [-0.05, 0) is 47.9 Å². The number of aryl methyl sites for hydroxylation is 1. The van der Waals surface area contributed by atoms with Gasteiger partial charge in [-0.2, -0.15) is 0 Å². The van der Waals surface area contributed by atoms with Crippen LogP contribution in [0.3, 0.4) is 0 Å². The fraction of sp³-hybridized carbons (Fsp3) is 0.571. The van der Waals surface area contributed by atoms with Crippen LogP contribution in [0.2, 0.25) is 0 Å². The van der Waals surface area contributed by atoms with Crippen molar-refractivity contribution in [3.8, 4) is 0 Å². The largest absolute Gasteiger partial charge is 0.396 e. The zero-order valence-corrected chi connectivity index (χ0v) is 10.3. The topological polar surface area (TPSA) is 40.5 Å². The van der Waals surface area contributed by atoms with E-state index in [1.807, 2.05) is 0 Å². The van der Waals surface area contributed by atoms with Gasteiger partial charge in [-0.15, -0.1) is 0 Å². The van der Waals surface area contributed by atoms with Crippen LogP contribution in [-0.4, -0.2) is 23.4 Å². The van der Waals surface area contributed by atoms with Crippen LogP contribution in [0.15, 0.2) is 12.1 Å². The first-order valence-corrected chi connectivity index (χ1v) is 6.12. The summed E-state index contributed by atoms with van der Waals surface area (Å²) in [6.45, 7) is 4.66. The first kappa shape index (κ1) is 13.2. The average molecular weight is 222 g/mol. The predicted octanol–water partition coefficient (Wildman–Crippen LogP) is 1.88. The number of aliphatic hydroxyl groups is 2. The Kier molecular flexibility index (Phi) is 5.50. The molecule has 0 bridgehead atoms. The average Bonchev–Trinajstić information content (AvgIpc) is 2.31. The monoisotopic (exact) mass is 222 g/mol. The highest BCUT2D eigenvalue weighted by Crippen LogP contribution is 2.22. The molecule has 0 aromatic heterocycles. The fourth-order valence-corrected chi connectivity index (χ4v) is 2.34. The summed E-state index contributed by atoms with van der Waals surface area (Å²) in [6.07, 6.45) is 3.41. The molecule has 1 rings (SSSR count). The minimum absolute atomic E-state index is 0.174. The smallest absolute Gasteiger partial charge is 0.0471 e. The SMILES string of the molecule is CCc1ccc(CCO)c(CCO)c1CC. The first-order chi connectivity index (χ1) is 7.78. The molecule has 0 amide bonds. The zero-order valence-electron chi connectivity index (χ0n) is 10.3. The molecule has 16 heavy (non-hydrogen) atoms. The second-order valence-electron chi connectivity index (χ2n) is 4.00. The van der Waals surface area contributed by atoms with Crippen LogP contribution in [0.5, 0.6) is 0 Å². The third-order valence-electron chi connectivity index (χ3n) is 3.10. The quantitative estimate of drug-likeness (QED) is 0.771. The Bertz CT molecular complexity index is 332.